The molecule has 0 aliphatic carbocycles. The molecule has 0 N–H and O–H groups in total. The maximum absolute atomic E-state index is 10.7. The summed E-state index contributed by atoms with van der Waals surface area (Å²) in [7, 11) is 1.41. The lowest BCUT2D eigenvalue weighted by atomic mass is 10.1. The molecule has 1 aliphatic rings. The highest BCUT2D eigenvalue weighted by Crippen LogP contribution is 2.16. The highest BCUT2D eigenvalue weighted by molar-refractivity contribution is 5.68. The second-order valence-corrected chi connectivity index (χ2v) is 2.30. The van der Waals surface area contributed by atoms with Crippen molar-refractivity contribution in [1.82, 2.24) is 4.90 Å². The molecule has 1 heterocycles. The Labute approximate surface area is 54.6 Å². The first kappa shape index (κ1) is 6.39. The summed E-state index contributed by atoms with van der Waals surface area (Å²) in [5.74, 6) is 0. The maximum atomic E-state index is 10.7. The molecule has 1 aliphatic heterocycles. The summed E-state index contributed by atoms with van der Waals surface area (Å²) in [4.78, 5) is 12.4. The van der Waals surface area contributed by atoms with Crippen LogP contribution in [0.2, 0.25) is 0 Å². The summed E-state index contributed by atoms with van der Waals surface area (Å²) in [5, 5.41) is 0. The van der Waals surface area contributed by atoms with E-state index in [1.807, 2.05) is 6.92 Å². The van der Waals surface area contributed by atoms with Crippen LogP contribution in [-0.2, 0) is 4.74 Å². The molecule has 1 atom stereocenters. The van der Waals surface area contributed by atoms with Crippen molar-refractivity contribution < 1.29 is 9.53 Å². The molecule has 3 nitrogen and oxygen atoms in total. The third-order valence-corrected chi connectivity index (χ3v) is 1.73. The van der Waals surface area contributed by atoms with Gasteiger partial charge in [-0.1, -0.05) is 0 Å². The lowest BCUT2D eigenvalue weighted by Crippen LogP contribution is -2.49. The maximum Gasteiger partial charge on any atom is 0.409 e. The molecular formula is C6H11NO2. The van der Waals surface area contributed by atoms with Crippen LogP contribution in [-0.4, -0.2) is 30.7 Å². The van der Waals surface area contributed by atoms with E-state index in [-0.39, 0.29) is 6.09 Å². The molecule has 1 amide bonds. The van der Waals surface area contributed by atoms with E-state index in [1.165, 1.54) is 7.11 Å². The number of methoxy groups -OCH3 is 1. The number of carbonyl (C=O) groups excluding carboxylic acids is 1. The van der Waals surface area contributed by atoms with Gasteiger partial charge in [0.05, 0.1) is 7.11 Å². The first-order valence-electron chi connectivity index (χ1n) is 3.10. The van der Waals surface area contributed by atoms with Crippen molar-refractivity contribution >= 4 is 6.09 Å². The van der Waals surface area contributed by atoms with Crippen molar-refractivity contribution in [2.45, 2.75) is 19.4 Å². The average molecular weight is 129 g/mol. The van der Waals surface area contributed by atoms with Gasteiger partial charge in [-0.15, -0.1) is 0 Å². The first-order chi connectivity index (χ1) is 4.25. The van der Waals surface area contributed by atoms with Crippen molar-refractivity contribution in [3.63, 3.8) is 0 Å². The van der Waals surface area contributed by atoms with Gasteiger partial charge in [0.25, 0.3) is 0 Å². The minimum atomic E-state index is -0.200. The molecule has 0 aromatic carbocycles. The lowest BCUT2D eigenvalue weighted by Gasteiger charge is -2.36. The molecule has 9 heavy (non-hydrogen) atoms. The molecule has 0 unspecified atom stereocenters. The summed E-state index contributed by atoms with van der Waals surface area (Å²) in [6.07, 6.45) is 0.906. The molecular weight excluding hydrogens is 118 g/mol. The number of rotatable bonds is 0. The summed E-state index contributed by atoms with van der Waals surface area (Å²) >= 11 is 0. The van der Waals surface area contributed by atoms with Crippen LogP contribution in [0.4, 0.5) is 4.79 Å². The minimum absolute atomic E-state index is 0.200. The Morgan fingerprint density at radius 1 is 1.78 bits per heavy atom. The van der Waals surface area contributed by atoms with Gasteiger partial charge in [0.2, 0.25) is 0 Å². The molecule has 0 aromatic rings. The molecule has 3 heteroatoms. The normalized spacial score (nSPS) is 25.1. The van der Waals surface area contributed by atoms with E-state index >= 15 is 0 Å². The van der Waals surface area contributed by atoms with E-state index in [4.69, 9.17) is 0 Å². The van der Waals surface area contributed by atoms with Gasteiger partial charge in [0.15, 0.2) is 0 Å². The Hall–Kier alpha value is -0.730. The Bertz CT molecular complexity index is 124. The number of nitrogens with zero attached hydrogens (tertiary/aromatic N) is 1. The zero-order chi connectivity index (χ0) is 6.85. The van der Waals surface area contributed by atoms with Gasteiger partial charge in [0.1, 0.15) is 0 Å². The fourth-order valence-electron chi connectivity index (χ4n) is 0.905. The fourth-order valence-corrected chi connectivity index (χ4v) is 0.905. The van der Waals surface area contributed by atoms with Crippen LogP contribution < -0.4 is 0 Å². The Morgan fingerprint density at radius 2 is 2.44 bits per heavy atom. The number of amides is 1. The van der Waals surface area contributed by atoms with Crippen LogP contribution in [0, 0.1) is 0 Å². The monoisotopic (exact) mass is 129 g/mol. The Morgan fingerprint density at radius 3 is 2.56 bits per heavy atom. The van der Waals surface area contributed by atoms with Crippen molar-refractivity contribution in [3.8, 4) is 0 Å². The number of hydrogen-bond donors (Lipinski definition) is 0. The van der Waals surface area contributed by atoms with Gasteiger partial charge in [0, 0.05) is 12.6 Å². The largest absolute Gasteiger partial charge is 0.453 e. The summed E-state index contributed by atoms with van der Waals surface area (Å²) < 4.78 is 4.51. The van der Waals surface area contributed by atoms with E-state index in [0.29, 0.717) is 6.04 Å². The van der Waals surface area contributed by atoms with Gasteiger partial charge in [-0.05, 0) is 13.3 Å². The van der Waals surface area contributed by atoms with Crippen LogP contribution >= 0.6 is 0 Å². The Kier molecular flexibility index (Phi) is 1.60. The minimum Gasteiger partial charge on any atom is -0.453 e. The molecule has 1 rings (SSSR count). The number of hydrogen-bond acceptors (Lipinski definition) is 2. The van der Waals surface area contributed by atoms with Crippen molar-refractivity contribution in [1.29, 1.82) is 0 Å². The van der Waals surface area contributed by atoms with E-state index in [1.54, 1.807) is 4.90 Å². The zero-order valence-electron chi connectivity index (χ0n) is 5.76. The second kappa shape index (κ2) is 2.25. The number of ether oxygens (including phenoxy) is 1. The molecule has 0 radical (unpaired) electrons. The van der Waals surface area contributed by atoms with E-state index in [9.17, 15) is 4.79 Å². The van der Waals surface area contributed by atoms with Crippen LogP contribution in [0.1, 0.15) is 13.3 Å². The highest BCUT2D eigenvalue weighted by atomic mass is 16.5. The van der Waals surface area contributed by atoms with E-state index < -0.39 is 0 Å². The van der Waals surface area contributed by atoms with Crippen LogP contribution in [0.25, 0.3) is 0 Å². The zero-order valence-corrected chi connectivity index (χ0v) is 5.76. The molecule has 0 saturated carbocycles. The smallest absolute Gasteiger partial charge is 0.409 e. The SMILES string of the molecule is COC(=O)N1CC[C@@H]1C. The van der Waals surface area contributed by atoms with Gasteiger partial charge in [-0.25, -0.2) is 4.79 Å². The van der Waals surface area contributed by atoms with Gasteiger partial charge in [-0.3, -0.25) is 0 Å². The second-order valence-electron chi connectivity index (χ2n) is 2.30. The lowest BCUT2D eigenvalue weighted by molar-refractivity contribution is 0.0686. The molecule has 0 spiro atoms. The fraction of sp³-hybridized carbons (Fsp3) is 0.833. The Balaban J connectivity index is 2.35. The van der Waals surface area contributed by atoms with Crippen molar-refractivity contribution in [2.75, 3.05) is 13.7 Å². The topological polar surface area (TPSA) is 29.5 Å². The average Bonchev–Trinajstić information content (AvgIpc) is 1.84. The van der Waals surface area contributed by atoms with Crippen molar-refractivity contribution in [3.05, 3.63) is 0 Å². The van der Waals surface area contributed by atoms with Crippen LogP contribution in [0.5, 0.6) is 0 Å². The predicted molar refractivity (Wildman–Crippen MR) is 33.2 cm³/mol. The number of likely N-dealkylation sites (tertiary alicyclic amines) is 1. The predicted octanol–water partition coefficient (Wildman–Crippen LogP) is 0.847. The third kappa shape index (κ3) is 0.992. The molecule has 0 aromatic heterocycles. The van der Waals surface area contributed by atoms with E-state index in [2.05, 4.69) is 4.74 Å². The molecule has 1 saturated heterocycles. The molecule has 52 valence electrons. The summed E-state index contributed by atoms with van der Waals surface area (Å²) in [5.41, 5.74) is 0. The number of carbonyl (C=O) groups is 1. The summed E-state index contributed by atoms with van der Waals surface area (Å²) in [6, 6.07) is 0.387. The first-order valence-corrected chi connectivity index (χ1v) is 3.10. The van der Waals surface area contributed by atoms with Gasteiger partial charge < -0.3 is 9.64 Å². The van der Waals surface area contributed by atoms with E-state index in [0.717, 1.165) is 13.0 Å². The molecule has 1 fully saturated rings. The van der Waals surface area contributed by atoms with Gasteiger partial charge >= 0.3 is 6.09 Å². The highest BCUT2D eigenvalue weighted by Gasteiger charge is 2.28. The molecule has 0 bridgehead atoms. The quantitative estimate of drug-likeness (QED) is 0.485. The van der Waals surface area contributed by atoms with Gasteiger partial charge in [-0.2, -0.15) is 0 Å². The standard InChI is InChI=1S/C6H11NO2/c1-5-3-4-7(5)6(8)9-2/h5H,3-4H2,1-2H3/t5-/m0/s1. The summed E-state index contributed by atoms with van der Waals surface area (Å²) in [6.45, 7) is 2.87. The van der Waals surface area contributed by atoms with Crippen molar-refractivity contribution in [2.24, 2.45) is 0 Å². The van der Waals surface area contributed by atoms with Crippen LogP contribution in [0.3, 0.4) is 0 Å². The third-order valence-electron chi connectivity index (χ3n) is 1.73. The van der Waals surface area contributed by atoms with Crippen LogP contribution in [0.15, 0.2) is 0 Å².